The van der Waals surface area contributed by atoms with E-state index in [0.717, 1.165) is 24.8 Å². The minimum absolute atomic E-state index is 0.381. The molecule has 1 aromatic rings. The predicted octanol–water partition coefficient (Wildman–Crippen LogP) is 2.46. The Kier molecular flexibility index (Phi) is 4.96. The topological polar surface area (TPSA) is 46.2 Å². The van der Waals surface area contributed by atoms with E-state index < -0.39 is 10.0 Å². The molecular weight excluding hydrogens is 222 g/mol. The van der Waals surface area contributed by atoms with Gasteiger partial charge in [-0.15, -0.1) is 0 Å². The first-order chi connectivity index (χ1) is 7.58. The van der Waals surface area contributed by atoms with Gasteiger partial charge in [0.05, 0.1) is 4.90 Å². The molecule has 0 saturated heterocycles. The van der Waals surface area contributed by atoms with Crippen LogP contribution in [0.2, 0.25) is 0 Å². The minimum atomic E-state index is -3.32. The van der Waals surface area contributed by atoms with Gasteiger partial charge in [-0.2, -0.15) is 0 Å². The van der Waals surface area contributed by atoms with Crippen molar-refractivity contribution in [3.8, 4) is 0 Å². The summed E-state index contributed by atoms with van der Waals surface area (Å²) in [6.45, 7) is 4.42. The Bertz CT molecular complexity index is 426. The van der Waals surface area contributed by atoms with Crippen molar-refractivity contribution in [2.45, 2.75) is 38.0 Å². The van der Waals surface area contributed by atoms with Crippen LogP contribution >= 0.6 is 0 Å². The molecule has 0 amide bonds. The molecule has 1 rings (SSSR count). The zero-order chi connectivity index (χ0) is 12.0. The highest BCUT2D eigenvalue weighted by molar-refractivity contribution is 7.89. The Labute approximate surface area is 97.9 Å². The van der Waals surface area contributed by atoms with Crippen molar-refractivity contribution in [2.75, 3.05) is 6.54 Å². The van der Waals surface area contributed by atoms with Crippen molar-refractivity contribution in [3.63, 3.8) is 0 Å². The highest BCUT2D eigenvalue weighted by Gasteiger charge is 2.14. The van der Waals surface area contributed by atoms with Crippen molar-refractivity contribution in [3.05, 3.63) is 29.8 Å². The zero-order valence-corrected chi connectivity index (χ0v) is 10.7. The Hall–Kier alpha value is -0.870. The summed E-state index contributed by atoms with van der Waals surface area (Å²) in [5.74, 6) is 0. The second kappa shape index (κ2) is 6.01. The number of hydrogen-bond acceptors (Lipinski definition) is 2. The highest BCUT2D eigenvalue weighted by atomic mass is 32.2. The molecule has 0 aromatic heterocycles. The summed E-state index contributed by atoms with van der Waals surface area (Å²) in [4.78, 5) is 0.381. The standard InChI is InChI=1S/C12H19NO2S/c1-3-4-7-10-13-16(14,15)12-9-6-5-8-11(12)2/h5-6,8-9,13H,3-4,7,10H2,1-2H3. The van der Waals surface area contributed by atoms with Crippen LogP contribution in [-0.2, 0) is 10.0 Å². The molecule has 0 heterocycles. The lowest BCUT2D eigenvalue weighted by atomic mass is 10.2. The van der Waals surface area contributed by atoms with E-state index >= 15 is 0 Å². The molecule has 0 spiro atoms. The molecule has 3 nitrogen and oxygen atoms in total. The number of sulfonamides is 1. The summed E-state index contributed by atoms with van der Waals surface area (Å²) < 4.78 is 26.4. The van der Waals surface area contributed by atoms with Crippen LogP contribution < -0.4 is 4.72 Å². The second-order valence-corrected chi connectivity index (χ2v) is 5.61. The molecule has 0 saturated carbocycles. The van der Waals surface area contributed by atoms with Crippen molar-refractivity contribution < 1.29 is 8.42 Å². The van der Waals surface area contributed by atoms with Gasteiger partial charge in [0.1, 0.15) is 0 Å². The van der Waals surface area contributed by atoms with Gasteiger partial charge in [0.25, 0.3) is 0 Å². The van der Waals surface area contributed by atoms with Gasteiger partial charge in [-0.3, -0.25) is 0 Å². The van der Waals surface area contributed by atoms with Gasteiger partial charge in [-0.1, -0.05) is 38.0 Å². The summed E-state index contributed by atoms with van der Waals surface area (Å²) >= 11 is 0. The molecule has 16 heavy (non-hydrogen) atoms. The van der Waals surface area contributed by atoms with E-state index in [9.17, 15) is 8.42 Å². The quantitative estimate of drug-likeness (QED) is 0.778. The third kappa shape index (κ3) is 3.61. The Morgan fingerprint density at radius 2 is 1.88 bits per heavy atom. The van der Waals surface area contributed by atoms with E-state index in [1.807, 2.05) is 6.07 Å². The molecule has 0 aliphatic carbocycles. The summed E-state index contributed by atoms with van der Waals surface area (Å²) in [5, 5.41) is 0. The molecule has 0 radical (unpaired) electrons. The average Bonchev–Trinajstić information content (AvgIpc) is 2.25. The molecule has 0 aliphatic heterocycles. The van der Waals surface area contributed by atoms with Crippen LogP contribution in [0, 0.1) is 6.92 Å². The number of aryl methyl sites for hydroxylation is 1. The van der Waals surface area contributed by atoms with Crippen LogP contribution in [0.1, 0.15) is 31.7 Å². The third-order valence-corrected chi connectivity index (χ3v) is 4.08. The summed E-state index contributed by atoms with van der Waals surface area (Å²) in [7, 11) is -3.32. The van der Waals surface area contributed by atoms with E-state index in [4.69, 9.17) is 0 Å². The first kappa shape index (κ1) is 13.2. The third-order valence-electron chi connectivity index (χ3n) is 2.46. The maximum atomic E-state index is 11.9. The Morgan fingerprint density at radius 3 is 2.50 bits per heavy atom. The molecule has 0 aliphatic rings. The summed E-state index contributed by atoms with van der Waals surface area (Å²) in [6.07, 6.45) is 3.03. The van der Waals surface area contributed by atoms with Crippen LogP contribution in [-0.4, -0.2) is 15.0 Å². The van der Waals surface area contributed by atoms with Crippen LogP contribution in [0.15, 0.2) is 29.2 Å². The van der Waals surface area contributed by atoms with Gasteiger partial charge in [0.15, 0.2) is 0 Å². The number of nitrogens with one attached hydrogen (secondary N) is 1. The first-order valence-corrected chi connectivity index (χ1v) is 7.11. The Balaban J connectivity index is 2.68. The van der Waals surface area contributed by atoms with Gasteiger partial charge in [-0.25, -0.2) is 13.1 Å². The zero-order valence-electron chi connectivity index (χ0n) is 9.86. The summed E-state index contributed by atoms with van der Waals surface area (Å²) in [5.41, 5.74) is 0.783. The van der Waals surface area contributed by atoms with E-state index in [-0.39, 0.29) is 0 Å². The van der Waals surface area contributed by atoms with Crippen LogP contribution in [0.25, 0.3) is 0 Å². The highest BCUT2D eigenvalue weighted by Crippen LogP contribution is 2.13. The number of unbranched alkanes of at least 4 members (excludes halogenated alkanes) is 2. The lowest BCUT2D eigenvalue weighted by Crippen LogP contribution is -2.25. The fourth-order valence-corrected chi connectivity index (χ4v) is 2.84. The molecule has 4 heteroatoms. The van der Waals surface area contributed by atoms with E-state index in [1.54, 1.807) is 25.1 Å². The van der Waals surface area contributed by atoms with Gasteiger partial charge in [0.2, 0.25) is 10.0 Å². The fraction of sp³-hybridized carbons (Fsp3) is 0.500. The predicted molar refractivity (Wildman–Crippen MR) is 65.9 cm³/mol. The Morgan fingerprint density at radius 1 is 1.19 bits per heavy atom. The van der Waals surface area contributed by atoms with Gasteiger partial charge < -0.3 is 0 Å². The number of rotatable bonds is 6. The number of benzene rings is 1. The largest absolute Gasteiger partial charge is 0.240 e. The van der Waals surface area contributed by atoms with Crippen molar-refractivity contribution in [2.24, 2.45) is 0 Å². The molecule has 0 unspecified atom stereocenters. The normalized spacial score (nSPS) is 11.6. The molecule has 1 aromatic carbocycles. The maximum absolute atomic E-state index is 11.9. The minimum Gasteiger partial charge on any atom is -0.211 e. The monoisotopic (exact) mass is 241 g/mol. The van der Waals surface area contributed by atoms with Gasteiger partial charge in [0, 0.05) is 6.54 Å². The van der Waals surface area contributed by atoms with E-state index in [0.29, 0.717) is 11.4 Å². The fourth-order valence-electron chi connectivity index (χ4n) is 1.52. The van der Waals surface area contributed by atoms with Crippen molar-refractivity contribution in [1.29, 1.82) is 0 Å². The van der Waals surface area contributed by atoms with E-state index in [1.165, 1.54) is 0 Å². The molecular formula is C12H19NO2S. The molecule has 0 fully saturated rings. The van der Waals surface area contributed by atoms with Crippen LogP contribution in [0.4, 0.5) is 0 Å². The van der Waals surface area contributed by atoms with Crippen molar-refractivity contribution >= 4 is 10.0 Å². The second-order valence-electron chi connectivity index (χ2n) is 3.87. The first-order valence-electron chi connectivity index (χ1n) is 5.63. The lowest BCUT2D eigenvalue weighted by molar-refractivity contribution is 0.575. The molecule has 0 bridgehead atoms. The van der Waals surface area contributed by atoms with Gasteiger partial charge in [-0.05, 0) is 25.0 Å². The van der Waals surface area contributed by atoms with E-state index in [2.05, 4.69) is 11.6 Å². The van der Waals surface area contributed by atoms with Crippen LogP contribution in [0.3, 0.4) is 0 Å². The summed E-state index contributed by atoms with van der Waals surface area (Å²) in [6, 6.07) is 7.02. The maximum Gasteiger partial charge on any atom is 0.240 e. The molecule has 0 atom stereocenters. The number of hydrogen-bond donors (Lipinski definition) is 1. The molecule has 1 N–H and O–H groups in total. The van der Waals surface area contributed by atoms with Crippen molar-refractivity contribution in [1.82, 2.24) is 4.72 Å². The van der Waals surface area contributed by atoms with Gasteiger partial charge >= 0.3 is 0 Å². The average molecular weight is 241 g/mol. The SMILES string of the molecule is CCCCCNS(=O)(=O)c1ccccc1C. The smallest absolute Gasteiger partial charge is 0.211 e. The lowest BCUT2D eigenvalue weighted by Gasteiger charge is -2.08. The molecule has 90 valence electrons. The van der Waals surface area contributed by atoms with Crippen LogP contribution in [0.5, 0.6) is 0 Å².